The van der Waals surface area contributed by atoms with Crippen LogP contribution < -0.4 is 4.90 Å². The van der Waals surface area contributed by atoms with Crippen LogP contribution in [0.15, 0.2) is 52.4 Å². The molecule has 1 aromatic carbocycles. The molecular weight excluding hydrogens is 338 g/mol. The van der Waals surface area contributed by atoms with Gasteiger partial charge in [-0.1, -0.05) is 23.4 Å². The van der Waals surface area contributed by atoms with Crippen LogP contribution in [0.4, 0.5) is 0 Å². The Bertz CT molecular complexity index is 909. The largest absolute Gasteiger partial charge is 0.355 e. The highest BCUT2D eigenvalue weighted by molar-refractivity contribution is 7.18. The summed E-state index contributed by atoms with van der Waals surface area (Å²) in [5.41, 5.74) is 2.06. The van der Waals surface area contributed by atoms with Crippen molar-refractivity contribution in [1.29, 1.82) is 0 Å². The molecule has 0 saturated heterocycles. The highest BCUT2D eigenvalue weighted by Crippen LogP contribution is 2.26. The molecule has 0 bridgehead atoms. The Morgan fingerprint density at radius 1 is 1.21 bits per heavy atom. The van der Waals surface area contributed by atoms with Crippen molar-refractivity contribution in [2.24, 2.45) is 0 Å². The highest BCUT2D eigenvalue weighted by Gasteiger charge is 2.21. The lowest BCUT2D eigenvalue weighted by atomic mass is 10.2. The summed E-state index contributed by atoms with van der Waals surface area (Å²) in [5, 5.41) is 7.43. The zero-order chi connectivity index (χ0) is 16.5. The van der Waals surface area contributed by atoms with Crippen LogP contribution in [0.5, 0.6) is 0 Å². The van der Waals surface area contributed by atoms with Crippen LogP contribution in [0.1, 0.15) is 23.7 Å². The molecule has 0 aliphatic rings. The van der Waals surface area contributed by atoms with Gasteiger partial charge in [-0.3, -0.25) is 0 Å². The van der Waals surface area contributed by atoms with Crippen molar-refractivity contribution in [3.63, 3.8) is 0 Å². The van der Waals surface area contributed by atoms with Crippen molar-refractivity contribution in [3.05, 3.63) is 58.5 Å². The topological polar surface area (TPSA) is 43.4 Å². The third-order valence-electron chi connectivity index (χ3n) is 4.20. The van der Waals surface area contributed by atoms with E-state index in [0.29, 0.717) is 6.04 Å². The SMILES string of the molecule is C[C@H](c1nc2ccccc2s1)[NH+](C)Cc1cc(-c2cccs2)on1. The Balaban J connectivity index is 1.50. The smallest absolute Gasteiger partial charge is 0.177 e. The van der Waals surface area contributed by atoms with Gasteiger partial charge in [-0.25, -0.2) is 4.98 Å². The van der Waals surface area contributed by atoms with E-state index in [4.69, 9.17) is 9.51 Å². The van der Waals surface area contributed by atoms with Crippen molar-refractivity contribution in [2.45, 2.75) is 19.5 Å². The van der Waals surface area contributed by atoms with E-state index < -0.39 is 0 Å². The zero-order valence-corrected chi connectivity index (χ0v) is 15.2. The second kappa shape index (κ2) is 6.47. The number of quaternary nitrogens is 1. The van der Waals surface area contributed by atoms with Crippen molar-refractivity contribution in [3.8, 4) is 10.6 Å². The number of nitrogens with zero attached hydrogens (tertiary/aromatic N) is 2. The van der Waals surface area contributed by atoms with E-state index in [1.807, 2.05) is 23.6 Å². The molecule has 122 valence electrons. The lowest BCUT2D eigenvalue weighted by molar-refractivity contribution is -0.924. The first kappa shape index (κ1) is 15.5. The molecule has 0 amide bonds. The maximum absolute atomic E-state index is 5.48. The minimum Gasteiger partial charge on any atom is -0.355 e. The Morgan fingerprint density at radius 3 is 2.88 bits per heavy atom. The van der Waals surface area contributed by atoms with Crippen LogP contribution in [-0.4, -0.2) is 17.2 Å². The lowest BCUT2D eigenvalue weighted by Gasteiger charge is -2.18. The fourth-order valence-electron chi connectivity index (χ4n) is 2.65. The third-order valence-corrected chi connectivity index (χ3v) is 6.31. The van der Waals surface area contributed by atoms with Gasteiger partial charge in [0.1, 0.15) is 18.3 Å². The molecule has 0 aliphatic heterocycles. The minimum atomic E-state index is 0.310. The number of fused-ring (bicyclic) bond motifs is 1. The first-order valence-electron chi connectivity index (χ1n) is 7.88. The van der Waals surface area contributed by atoms with Gasteiger partial charge in [-0.15, -0.1) is 22.7 Å². The van der Waals surface area contributed by atoms with E-state index in [2.05, 4.69) is 43.4 Å². The molecule has 0 saturated carbocycles. The summed E-state index contributed by atoms with van der Waals surface area (Å²) in [6.45, 7) is 3.03. The van der Waals surface area contributed by atoms with Crippen LogP contribution >= 0.6 is 22.7 Å². The van der Waals surface area contributed by atoms with E-state index in [0.717, 1.165) is 33.4 Å². The van der Waals surface area contributed by atoms with Gasteiger partial charge < -0.3 is 9.42 Å². The minimum absolute atomic E-state index is 0.310. The molecular formula is C18H18N3OS2+. The molecule has 4 aromatic rings. The Labute approximate surface area is 148 Å². The fraction of sp³-hybridized carbons (Fsp3) is 0.222. The van der Waals surface area contributed by atoms with Crippen molar-refractivity contribution in [1.82, 2.24) is 10.1 Å². The second-order valence-electron chi connectivity index (χ2n) is 5.92. The lowest BCUT2D eigenvalue weighted by Crippen LogP contribution is -3.07. The molecule has 0 aliphatic carbocycles. The van der Waals surface area contributed by atoms with E-state index >= 15 is 0 Å². The quantitative estimate of drug-likeness (QED) is 0.592. The molecule has 2 atom stereocenters. The Hall–Kier alpha value is -2.02. The Kier molecular flexibility index (Phi) is 4.18. The Morgan fingerprint density at radius 2 is 2.08 bits per heavy atom. The summed E-state index contributed by atoms with van der Waals surface area (Å²) in [4.78, 5) is 7.24. The van der Waals surface area contributed by atoms with Crippen LogP contribution in [0, 0.1) is 0 Å². The molecule has 3 heterocycles. The van der Waals surface area contributed by atoms with Gasteiger partial charge in [0.25, 0.3) is 0 Å². The maximum Gasteiger partial charge on any atom is 0.177 e. The van der Waals surface area contributed by atoms with Gasteiger partial charge in [0, 0.05) is 6.07 Å². The summed E-state index contributed by atoms with van der Waals surface area (Å²) in [7, 11) is 2.18. The summed E-state index contributed by atoms with van der Waals surface area (Å²) in [6.07, 6.45) is 0. The van der Waals surface area contributed by atoms with Crippen LogP contribution in [0.3, 0.4) is 0 Å². The van der Waals surface area contributed by atoms with Gasteiger partial charge in [-0.05, 0) is 30.5 Å². The predicted octanol–water partition coefficient (Wildman–Crippen LogP) is 3.79. The van der Waals surface area contributed by atoms with Crippen molar-refractivity contribution < 1.29 is 9.42 Å². The van der Waals surface area contributed by atoms with Gasteiger partial charge in [0.15, 0.2) is 10.8 Å². The molecule has 0 spiro atoms. The molecule has 1 N–H and O–H groups in total. The number of thiazole rings is 1. The van der Waals surface area contributed by atoms with E-state index in [1.165, 1.54) is 9.60 Å². The monoisotopic (exact) mass is 356 g/mol. The number of hydrogen-bond donors (Lipinski definition) is 1. The molecule has 4 rings (SSSR count). The van der Waals surface area contributed by atoms with Gasteiger partial charge in [-0.2, -0.15) is 0 Å². The summed E-state index contributed by atoms with van der Waals surface area (Å²) in [6, 6.07) is 14.7. The van der Waals surface area contributed by atoms with Crippen LogP contribution in [-0.2, 0) is 6.54 Å². The van der Waals surface area contributed by atoms with Crippen molar-refractivity contribution in [2.75, 3.05) is 7.05 Å². The number of rotatable bonds is 5. The molecule has 3 aromatic heterocycles. The fourth-order valence-corrected chi connectivity index (χ4v) is 4.44. The number of hydrogen-bond acceptors (Lipinski definition) is 5. The second-order valence-corrected chi connectivity index (χ2v) is 7.93. The summed E-state index contributed by atoms with van der Waals surface area (Å²) < 4.78 is 6.72. The zero-order valence-electron chi connectivity index (χ0n) is 13.5. The maximum atomic E-state index is 5.48. The molecule has 6 heteroatoms. The van der Waals surface area contributed by atoms with Gasteiger partial charge in [0.05, 0.1) is 22.1 Å². The van der Waals surface area contributed by atoms with E-state index in [1.54, 1.807) is 22.7 Å². The molecule has 0 fully saturated rings. The average molecular weight is 356 g/mol. The predicted molar refractivity (Wildman–Crippen MR) is 98.4 cm³/mol. The third kappa shape index (κ3) is 3.00. The van der Waals surface area contributed by atoms with Gasteiger partial charge >= 0.3 is 0 Å². The number of benzene rings is 1. The van der Waals surface area contributed by atoms with E-state index in [9.17, 15) is 0 Å². The summed E-state index contributed by atoms with van der Waals surface area (Å²) in [5.74, 6) is 0.848. The number of aromatic nitrogens is 2. The molecule has 0 radical (unpaired) electrons. The van der Waals surface area contributed by atoms with E-state index in [-0.39, 0.29) is 0 Å². The van der Waals surface area contributed by atoms with Crippen LogP contribution in [0.2, 0.25) is 0 Å². The normalized spacial score (nSPS) is 14.1. The molecule has 24 heavy (non-hydrogen) atoms. The molecule has 4 nitrogen and oxygen atoms in total. The van der Waals surface area contributed by atoms with Crippen LogP contribution in [0.25, 0.3) is 20.9 Å². The van der Waals surface area contributed by atoms with Gasteiger partial charge in [0.2, 0.25) is 0 Å². The average Bonchev–Trinajstić information content (AvgIpc) is 3.32. The number of nitrogens with one attached hydrogen (secondary N) is 1. The first-order valence-corrected chi connectivity index (χ1v) is 9.57. The highest BCUT2D eigenvalue weighted by atomic mass is 32.1. The van der Waals surface area contributed by atoms with Crippen molar-refractivity contribution >= 4 is 32.9 Å². The standard InChI is InChI=1S/C18H17N3OS2/c1-12(18-19-14-6-3-4-7-16(14)24-18)21(2)11-13-10-15(22-20-13)17-8-5-9-23-17/h3-10,12H,11H2,1-2H3/p+1/t12-/m1/s1. The first-order chi connectivity index (χ1) is 11.7. The summed E-state index contributed by atoms with van der Waals surface area (Å²) >= 11 is 3.44. The number of para-hydroxylation sites is 1. The molecule has 1 unspecified atom stereocenters. The number of thiophene rings is 1.